The summed E-state index contributed by atoms with van der Waals surface area (Å²) in [6, 6.07) is 11.2. The molecule has 0 aliphatic carbocycles. The molecule has 3 aromatic rings. The zero-order valence-electron chi connectivity index (χ0n) is 15.1. The Balaban J connectivity index is 1.32. The number of rotatable bonds is 9. The van der Waals surface area contributed by atoms with Crippen molar-refractivity contribution in [3.8, 4) is 0 Å². The van der Waals surface area contributed by atoms with Crippen LogP contribution in [0.15, 0.2) is 41.8 Å². The molecule has 3 rings (SSSR count). The molecule has 2 amide bonds. The van der Waals surface area contributed by atoms with Crippen LogP contribution in [-0.2, 0) is 20.7 Å². The molecule has 28 heavy (non-hydrogen) atoms. The number of aromatic amines is 1. The van der Waals surface area contributed by atoms with Gasteiger partial charge >= 0.3 is 5.97 Å². The number of hydrogen-bond acceptors (Lipinski definition) is 6. The van der Waals surface area contributed by atoms with E-state index in [4.69, 9.17) is 4.74 Å². The average Bonchev–Trinajstić information content (AvgIpc) is 3.36. The van der Waals surface area contributed by atoms with Crippen molar-refractivity contribution in [3.63, 3.8) is 0 Å². The van der Waals surface area contributed by atoms with Gasteiger partial charge in [0.15, 0.2) is 12.3 Å². The lowest BCUT2D eigenvalue weighted by molar-refractivity contribution is -0.148. The number of amides is 2. The fourth-order valence-corrected chi connectivity index (χ4v) is 3.26. The van der Waals surface area contributed by atoms with Crippen LogP contribution in [0.3, 0.4) is 0 Å². The lowest BCUT2D eigenvalue weighted by atomic mass is 10.2. The summed E-state index contributed by atoms with van der Waals surface area (Å²) in [7, 11) is 0. The predicted octanol–water partition coefficient (Wildman–Crippen LogP) is 1.65. The number of carbonyl (C=O) groups excluding carboxylic acids is 3. The third-order valence-electron chi connectivity index (χ3n) is 3.94. The number of esters is 1. The van der Waals surface area contributed by atoms with Crippen molar-refractivity contribution in [2.45, 2.75) is 12.8 Å². The van der Waals surface area contributed by atoms with Crippen molar-refractivity contribution in [1.82, 2.24) is 20.8 Å². The van der Waals surface area contributed by atoms with E-state index in [1.807, 2.05) is 35.7 Å². The molecule has 0 radical (unpaired) electrons. The SMILES string of the molecule is O=C(COC(=O)CCNC(=O)c1n[nH]c2ccccc12)NCCc1cccs1. The van der Waals surface area contributed by atoms with Crippen LogP contribution in [0.5, 0.6) is 0 Å². The van der Waals surface area contributed by atoms with E-state index in [1.54, 1.807) is 17.4 Å². The maximum atomic E-state index is 12.2. The quantitative estimate of drug-likeness (QED) is 0.473. The van der Waals surface area contributed by atoms with Gasteiger partial charge < -0.3 is 15.4 Å². The molecular formula is C19H20N4O4S. The Morgan fingerprint density at radius 3 is 2.75 bits per heavy atom. The summed E-state index contributed by atoms with van der Waals surface area (Å²) in [5.74, 6) is -1.28. The first-order valence-electron chi connectivity index (χ1n) is 8.79. The molecule has 2 heterocycles. The van der Waals surface area contributed by atoms with E-state index in [0.29, 0.717) is 11.9 Å². The molecule has 0 fully saturated rings. The highest BCUT2D eigenvalue weighted by molar-refractivity contribution is 7.09. The van der Waals surface area contributed by atoms with E-state index in [-0.39, 0.29) is 37.1 Å². The Labute approximate surface area is 165 Å². The number of benzene rings is 1. The van der Waals surface area contributed by atoms with Crippen LogP contribution in [0.4, 0.5) is 0 Å². The van der Waals surface area contributed by atoms with E-state index in [0.717, 1.165) is 11.9 Å². The van der Waals surface area contributed by atoms with Gasteiger partial charge in [-0.05, 0) is 23.9 Å². The molecule has 146 valence electrons. The zero-order chi connectivity index (χ0) is 19.8. The summed E-state index contributed by atoms with van der Waals surface area (Å²) in [5, 5.41) is 14.8. The van der Waals surface area contributed by atoms with E-state index in [9.17, 15) is 14.4 Å². The van der Waals surface area contributed by atoms with Gasteiger partial charge in [-0.3, -0.25) is 19.5 Å². The Kier molecular flexibility index (Phi) is 6.74. The summed E-state index contributed by atoms with van der Waals surface area (Å²) >= 11 is 1.63. The largest absolute Gasteiger partial charge is 0.456 e. The Morgan fingerprint density at radius 2 is 1.93 bits per heavy atom. The smallest absolute Gasteiger partial charge is 0.308 e. The topological polar surface area (TPSA) is 113 Å². The van der Waals surface area contributed by atoms with Crippen LogP contribution >= 0.6 is 11.3 Å². The molecule has 0 aliphatic rings. The summed E-state index contributed by atoms with van der Waals surface area (Å²) < 4.78 is 4.91. The standard InChI is InChI=1S/C19H20N4O4S/c24-16(20-9-7-13-4-3-11-28-13)12-27-17(25)8-10-21-19(26)18-14-5-1-2-6-15(14)22-23-18/h1-6,11H,7-10,12H2,(H,20,24)(H,21,26)(H,22,23). The van der Waals surface area contributed by atoms with Crippen molar-refractivity contribution in [2.24, 2.45) is 0 Å². The van der Waals surface area contributed by atoms with Crippen molar-refractivity contribution in [2.75, 3.05) is 19.7 Å². The number of fused-ring (bicyclic) bond motifs is 1. The summed E-state index contributed by atoms with van der Waals surface area (Å²) in [4.78, 5) is 36.7. The molecule has 0 saturated heterocycles. The maximum Gasteiger partial charge on any atom is 0.308 e. The number of hydrogen-bond donors (Lipinski definition) is 3. The van der Waals surface area contributed by atoms with Gasteiger partial charge in [0.05, 0.1) is 11.9 Å². The van der Waals surface area contributed by atoms with Crippen LogP contribution < -0.4 is 10.6 Å². The first kappa shape index (κ1) is 19.6. The third-order valence-corrected chi connectivity index (χ3v) is 4.87. The average molecular weight is 400 g/mol. The van der Waals surface area contributed by atoms with Crippen LogP contribution in [0, 0.1) is 0 Å². The van der Waals surface area contributed by atoms with Crippen molar-refractivity contribution >= 4 is 40.0 Å². The molecule has 0 unspecified atom stereocenters. The minimum atomic E-state index is -0.555. The van der Waals surface area contributed by atoms with Crippen molar-refractivity contribution < 1.29 is 19.1 Å². The molecule has 3 N–H and O–H groups in total. The van der Waals surface area contributed by atoms with Gasteiger partial charge in [-0.1, -0.05) is 24.3 Å². The van der Waals surface area contributed by atoms with Gasteiger partial charge in [0, 0.05) is 23.4 Å². The second-order valence-electron chi connectivity index (χ2n) is 5.96. The van der Waals surface area contributed by atoms with E-state index in [1.165, 1.54) is 4.88 Å². The summed E-state index contributed by atoms with van der Waals surface area (Å²) in [6.45, 7) is 0.255. The Bertz CT molecular complexity index is 952. The van der Waals surface area contributed by atoms with Crippen LogP contribution in [0.25, 0.3) is 10.9 Å². The highest BCUT2D eigenvalue weighted by atomic mass is 32.1. The minimum Gasteiger partial charge on any atom is -0.456 e. The molecule has 0 aliphatic heterocycles. The maximum absolute atomic E-state index is 12.2. The lowest BCUT2D eigenvalue weighted by Gasteiger charge is -2.07. The Hall–Kier alpha value is -3.20. The van der Waals surface area contributed by atoms with Gasteiger partial charge in [-0.2, -0.15) is 5.10 Å². The molecule has 2 aromatic heterocycles. The summed E-state index contributed by atoms with van der Waals surface area (Å²) in [5.41, 5.74) is 1.03. The number of nitrogens with one attached hydrogen (secondary N) is 3. The lowest BCUT2D eigenvalue weighted by Crippen LogP contribution is -2.31. The molecule has 0 saturated carbocycles. The highest BCUT2D eigenvalue weighted by Crippen LogP contribution is 2.14. The van der Waals surface area contributed by atoms with E-state index in [2.05, 4.69) is 20.8 Å². The molecule has 1 aromatic carbocycles. The number of thiophene rings is 1. The molecule has 8 nitrogen and oxygen atoms in total. The van der Waals surface area contributed by atoms with Gasteiger partial charge in [-0.25, -0.2) is 0 Å². The number of ether oxygens (including phenoxy) is 1. The predicted molar refractivity (Wildman–Crippen MR) is 105 cm³/mol. The van der Waals surface area contributed by atoms with Gasteiger partial charge in [0.2, 0.25) is 0 Å². The summed E-state index contributed by atoms with van der Waals surface area (Å²) in [6.07, 6.45) is 0.710. The molecule has 0 spiro atoms. The normalized spacial score (nSPS) is 10.6. The van der Waals surface area contributed by atoms with Crippen molar-refractivity contribution in [3.05, 3.63) is 52.3 Å². The number of para-hydroxylation sites is 1. The fourth-order valence-electron chi connectivity index (χ4n) is 2.55. The first-order chi connectivity index (χ1) is 13.6. The van der Waals surface area contributed by atoms with Crippen LogP contribution in [0.1, 0.15) is 21.8 Å². The van der Waals surface area contributed by atoms with E-state index < -0.39 is 5.97 Å². The minimum absolute atomic E-state index is 0.0312. The highest BCUT2D eigenvalue weighted by Gasteiger charge is 2.14. The third kappa shape index (κ3) is 5.40. The molecule has 0 bridgehead atoms. The molecular weight excluding hydrogens is 380 g/mol. The zero-order valence-corrected chi connectivity index (χ0v) is 15.9. The number of H-pyrrole nitrogens is 1. The first-order valence-corrected chi connectivity index (χ1v) is 9.67. The Morgan fingerprint density at radius 1 is 1.07 bits per heavy atom. The van der Waals surface area contributed by atoms with E-state index >= 15 is 0 Å². The molecule has 9 heteroatoms. The number of nitrogens with zero attached hydrogens (tertiary/aromatic N) is 1. The second-order valence-corrected chi connectivity index (χ2v) is 7.00. The van der Waals surface area contributed by atoms with Crippen molar-refractivity contribution in [1.29, 1.82) is 0 Å². The monoisotopic (exact) mass is 400 g/mol. The fraction of sp³-hybridized carbons (Fsp3) is 0.263. The molecule has 0 atom stereocenters. The number of carbonyl (C=O) groups is 3. The van der Waals surface area contributed by atoms with Crippen LogP contribution in [0.2, 0.25) is 0 Å². The van der Waals surface area contributed by atoms with Gasteiger partial charge in [0.25, 0.3) is 11.8 Å². The second kappa shape index (κ2) is 9.65. The number of aromatic nitrogens is 2. The van der Waals surface area contributed by atoms with Crippen LogP contribution in [-0.4, -0.2) is 47.7 Å². The van der Waals surface area contributed by atoms with Gasteiger partial charge in [-0.15, -0.1) is 11.3 Å². The van der Waals surface area contributed by atoms with Gasteiger partial charge in [0.1, 0.15) is 0 Å².